The van der Waals surface area contributed by atoms with Crippen molar-refractivity contribution in [2.75, 3.05) is 19.5 Å². The summed E-state index contributed by atoms with van der Waals surface area (Å²) in [6.07, 6.45) is 4.53. The lowest BCUT2D eigenvalue weighted by Crippen LogP contribution is -2.17. The minimum atomic E-state index is -0.292. The molecule has 0 fully saturated rings. The van der Waals surface area contributed by atoms with Crippen molar-refractivity contribution in [3.8, 4) is 11.5 Å². The first kappa shape index (κ1) is 12.0. The average Bonchev–Trinajstić information content (AvgIpc) is 2.92. The normalized spacial score (nSPS) is 9.89. The Morgan fingerprint density at radius 3 is 2.67 bits per heavy atom. The highest BCUT2D eigenvalue weighted by atomic mass is 16.5. The van der Waals surface area contributed by atoms with Crippen LogP contribution in [0.3, 0.4) is 0 Å². The number of nitrogens with one attached hydrogen (secondary N) is 1. The third-order valence-corrected chi connectivity index (χ3v) is 2.37. The maximum Gasteiger partial charge on any atom is 0.331 e. The van der Waals surface area contributed by atoms with Crippen molar-refractivity contribution in [1.82, 2.24) is 9.55 Å². The maximum atomic E-state index is 11.8. The first-order valence-corrected chi connectivity index (χ1v) is 5.26. The monoisotopic (exact) mass is 247 g/mol. The van der Waals surface area contributed by atoms with Gasteiger partial charge in [0.2, 0.25) is 0 Å². The second-order valence-electron chi connectivity index (χ2n) is 3.47. The van der Waals surface area contributed by atoms with Crippen LogP contribution >= 0.6 is 0 Å². The quantitative estimate of drug-likeness (QED) is 0.900. The summed E-state index contributed by atoms with van der Waals surface area (Å²) in [5.41, 5.74) is 0.617. The highest BCUT2D eigenvalue weighted by molar-refractivity contribution is 5.91. The third-order valence-electron chi connectivity index (χ3n) is 2.37. The Labute approximate surface area is 104 Å². The summed E-state index contributed by atoms with van der Waals surface area (Å²) in [7, 11) is 3.10. The third kappa shape index (κ3) is 2.42. The fraction of sp³-hybridized carbons (Fsp3) is 0.167. The lowest BCUT2D eigenvalue weighted by Gasteiger charge is -2.10. The molecule has 0 aliphatic rings. The van der Waals surface area contributed by atoms with Gasteiger partial charge in [-0.25, -0.2) is 9.78 Å². The molecule has 94 valence electrons. The van der Waals surface area contributed by atoms with Crippen LogP contribution in [0.25, 0.3) is 0 Å². The van der Waals surface area contributed by atoms with Gasteiger partial charge in [-0.2, -0.15) is 0 Å². The number of benzene rings is 1. The van der Waals surface area contributed by atoms with Gasteiger partial charge in [-0.15, -0.1) is 0 Å². The number of amides is 1. The predicted molar refractivity (Wildman–Crippen MR) is 66.2 cm³/mol. The van der Waals surface area contributed by atoms with Crippen LogP contribution in [0.4, 0.5) is 10.5 Å². The summed E-state index contributed by atoms with van der Waals surface area (Å²) in [5, 5.41) is 2.72. The molecule has 1 aromatic heterocycles. The van der Waals surface area contributed by atoms with Crippen molar-refractivity contribution < 1.29 is 14.3 Å². The molecule has 6 nitrogen and oxygen atoms in total. The van der Waals surface area contributed by atoms with Gasteiger partial charge in [-0.3, -0.25) is 4.57 Å². The smallest absolute Gasteiger partial charge is 0.331 e. The molecule has 0 saturated heterocycles. The van der Waals surface area contributed by atoms with Gasteiger partial charge in [0.25, 0.3) is 0 Å². The molecule has 1 amide bonds. The van der Waals surface area contributed by atoms with Crippen LogP contribution in [0.5, 0.6) is 11.5 Å². The Balaban J connectivity index is 2.17. The van der Waals surface area contributed by atoms with Crippen molar-refractivity contribution in [3.63, 3.8) is 0 Å². The number of hydrogen-bond acceptors (Lipinski definition) is 4. The number of anilines is 1. The highest BCUT2D eigenvalue weighted by Crippen LogP contribution is 2.29. The van der Waals surface area contributed by atoms with E-state index in [2.05, 4.69) is 10.3 Å². The molecule has 18 heavy (non-hydrogen) atoms. The van der Waals surface area contributed by atoms with Gasteiger partial charge in [0.1, 0.15) is 6.33 Å². The molecule has 0 saturated carbocycles. The van der Waals surface area contributed by atoms with Crippen LogP contribution in [0, 0.1) is 0 Å². The SMILES string of the molecule is COc1ccc(NC(=O)n2ccnc2)cc1OC. The van der Waals surface area contributed by atoms with Crippen LogP contribution < -0.4 is 14.8 Å². The summed E-state index contributed by atoms with van der Waals surface area (Å²) in [5.74, 6) is 1.17. The minimum absolute atomic E-state index is 0.292. The largest absolute Gasteiger partial charge is 0.493 e. The molecule has 1 heterocycles. The van der Waals surface area contributed by atoms with Gasteiger partial charge < -0.3 is 14.8 Å². The minimum Gasteiger partial charge on any atom is -0.493 e. The molecule has 0 spiro atoms. The first-order chi connectivity index (χ1) is 8.74. The molecule has 0 atom stereocenters. The molecule has 1 N–H and O–H groups in total. The van der Waals surface area contributed by atoms with E-state index in [0.717, 1.165) is 0 Å². The van der Waals surface area contributed by atoms with Crippen LogP contribution in [0.15, 0.2) is 36.9 Å². The van der Waals surface area contributed by atoms with Crippen molar-refractivity contribution in [2.24, 2.45) is 0 Å². The predicted octanol–water partition coefficient (Wildman–Crippen LogP) is 1.98. The van der Waals surface area contributed by atoms with Crippen molar-refractivity contribution in [1.29, 1.82) is 0 Å². The lowest BCUT2D eigenvalue weighted by molar-refractivity contribution is 0.253. The van der Waals surface area contributed by atoms with Gasteiger partial charge in [-0.1, -0.05) is 0 Å². The van der Waals surface area contributed by atoms with Gasteiger partial charge >= 0.3 is 6.03 Å². The number of rotatable bonds is 3. The van der Waals surface area contributed by atoms with Gasteiger partial charge in [0.05, 0.1) is 14.2 Å². The molecule has 2 rings (SSSR count). The van der Waals surface area contributed by atoms with Gasteiger partial charge in [-0.05, 0) is 12.1 Å². The molecule has 0 radical (unpaired) electrons. The topological polar surface area (TPSA) is 65.4 Å². The number of hydrogen-bond donors (Lipinski definition) is 1. The van der Waals surface area contributed by atoms with Crippen LogP contribution in [-0.2, 0) is 0 Å². The summed E-state index contributed by atoms with van der Waals surface area (Å²) >= 11 is 0. The van der Waals surface area contributed by atoms with Crippen molar-refractivity contribution in [3.05, 3.63) is 36.9 Å². The van der Waals surface area contributed by atoms with E-state index in [9.17, 15) is 4.79 Å². The Hall–Kier alpha value is -2.50. The number of imidazole rings is 1. The second-order valence-corrected chi connectivity index (χ2v) is 3.47. The maximum absolute atomic E-state index is 11.8. The standard InChI is InChI=1S/C12H13N3O3/c1-17-10-4-3-9(7-11(10)18-2)14-12(16)15-6-5-13-8-15/h3-8H,1-2H3,(H,14,16). The highest BCUT2D eigenvalue weighted by Gasteiger charge is 2.08. The number of nitrogens with zero attached hydrogens (tertiary/aromatic N) is 2. The average molecular weight is 247 g/mol. The summed E-state index contributed by atoms with van der Waals surface area (Å²) in [6, 6.07) is 4.85. The number of aromatic nitrogens is 2. The van der Waals surface area contributed by atoms with Crippen molar-refractivity contribution in [2.45, 2.75) is 0 Å². The summed E-state index contributed by atoms with van der Waals surface area (Å²) < 4.78 is 11.6. The van der Waals surface area contributed by atoms with Crippen LogP contribution in [0.1, 0.15) is 0 Å². The van der Waals surface area contributed by atoms with E-state index in [1.54, 1.807) is 38.6 Å². The first-order valence-electron chi connectivity index (χ1n) is 5.26. The zero-order valence-electron chi connectivity index (χ0n) is 10.1. The zero-order chi connectivity index (χ0) is 13.0. The summed E-state index contributed by atoms with van der Waals surface area (Å²) in [4.78, 5) is 15.6. The molecule has 6 heteroatoms. The van der Waals surface area contributed by atoms with Crippen LogP contribution in [0.2, 0.25) is 0 Å². The fourth-order valence-corrected chi connectivity index (χ4v) is 1.48. The second kappa shape index (κ2) is 5.22. The van der Waals surface area contributed by atoms with Gasteiger partial charge in [0, 0.05) is 24.1 Å². The van der Waals surface area contributed by atoms with E-state index in [4.69, 9.17) is 9.47 Å². The van der Waals surface area contributed by atoms with E-state index in [0.29, 0.717) is 17.2 Å². The molecule has 0 unspecified atom stereocenters. The molecule has 1 aromatic carbocycles. The van der Waals surface area contributed by atoms with E-state index in [1.165, 1.54) is 17.1 Å². The van der Waals surface area contributed by atoms with Crippen LogP contribution in [-0.4, -0.2) is 29.8 Å². The van der Waals surface area contributed by atoms with E-state index in [1.807, 2.05) is 0 Å². The zero-order valence-corrected chi connectivity index (χ0v) is 10.1. The van der Waals surface area contributed by atoms with E-state index < -0.39 is 0 Å². The van der Waals surface area contributed by atoms with E-state index in [-0.39, 0.29) is 6.03 Å². The number of methoxy groups -OCH3 is 2. The number of carbonyl (C=O) groups excluding carboxylic acids is 1. The Kier molecular flexibility index (Phi) is 3.47. The summed E-state index contributed by atoms with van der Waals surface area (Å²) in [6.45, 7) is 0. The molecular formula is C12H13N3O3. The number of ether oxygens (including phenoxy) is 2. The lowest BCUT2D eigenvalue weighted by atomic mass is 10.3. The molecule has 0 aliphatic carbocycles. The van der Waals surface area contributed by atoms with Gasteiger partial charge in [0.15, 0.2) is 11.5 Å². The molecule has 0 aliphatic heterocycles. The molecule has 0 bridgehead atoms. The molecular weight excluding hydrogens is 234 g/mol. The van der Waals surface area contributed by atoms with E-state index >= 15 is 0 Å². The van der Waals surface area contributed by atoms with Crippen molar-refractivity contribution >= 4 is 11.7 Å². The fourth-order valence-electron chi connectivity index (χ4n) is 1.48. The molecule has 2 aromatic rings. The Morgan fingerprint density at radius 1 is 1.28 bits per heavy atom. The number of carbonyl (C=O) groups is 1. The Bertz CT molecular complexity index is 538. The Morgan fingerprint density at radius 2 is 2.06 bits per heavy atom.